The fourth-order valence-corrected chi connectivity index (χ4v) is 5.02. The first kappa shape index (κ1) is 20.9. The van der Waals surface area contributed by atoms with E-state index in [1.807, 2.05) is 13.0 Å². The molecule has 0 spiro atoms. The number of anilines is 1. The Morgan fingerprint density at radius 2 is 1.78 bits per heavy atom. The molecular weight excluding hydrogens is 416 g/mol. The molecule has 168 valence electrons. The molecule has 2 unspecified atom stereocenters. The maximum atomic E-state index is 14.9. The Morgan fingerprint density at radius 3 is 2.41 bits per heavy atom. The van der Waals surface area contributed by atoms with Crippen LogP contribution >= 0.6 is 0 Å². The lowest BCUT2D eigenvalue weighted by molar-refractivity contribution is -0.0177. The van der Waals surface area contributed by atoms with E-state index in [2.05, 4.69) is 29.9 Å². The third-order valence-corrected chi connectivity index (χ3v) is 6.45. The lowest BCUT2D eigenvalue weighted by Crippen LogP contribution is -2.45. The van der Waals surface area contributed by atoms with Gasteiger partial charge in [-0.3, -0.25) is 4.90 Å². The van der Waals surface area contributed by atoms with Crippen LogP contribution in [0.3, 0.4) is 0 Å². The van der Waals surface area contributed by atoms with Gasteiger partial charge in [0.05, 0.1) is 18.9 Å². The molecule has 0 amide bonds. The second kappa shape index (κ2) is 8.18. The monoisotopic (exact) mass is 441 g/mol. The number of hydrogen-bond donors (Lipinski definition) is 1. The minimum absolute atomic E-state index is 0.106. The summed E-state index contributed by atoms with van der Waals surface area (Å²) in [4.78, 5) is 16.4. The van der Waals surface area contributed by atoms with Crippen LogP contribution in [0.15, 0.2) is 43.2 Å². The average molecular weight is 441 g/mol. The molecule has 1 N–H and O–H groups in total. The van der Waals surface area contributed by atoms with Gasteiger partial charge in [-0.05, 0) is 30.4 Å². The highest BCUT2D eigenvalue weighted by atomic mass is 19.1. The maximum Gasteiger partial charge on any atom is 0.225 e. The van der Waals surface area contributed by atoms with E-state index in [1.54, 1.807) is 6.07 Å². The van der Waals surface area contributed by atoms with Gasteiger partial charge in [-0.25, -0.2) is 28.4 Å². The SMILES string of the molecule is Cc1ccc(C(O)(CN2CC3CN(c4ncc(F)cn4)C[C@@H]3C2)Cn2cncn2)c(F)c1. The first-order valence-electron chi connectivity index (χ1n) is 10.7. The second-order valence-corrected chi connectivity index (χ2v) is 8.93. The van der Waals surface area contributed by atoms with Gasteiger partial charge in [-0.1, -0.05) is 12.1 Å². The number of hydrogen-bond acceptors (Lipinski definition) is 7. The Hall–Kier alpha value is -2.98. The standard InChI is InChI=1S/C22H25F2N7O/c1-15-2-3-19(20(24)4-15)22(32,12-31-14-25-13-28-31)11-29-7-16-9-30(10-17(16)8-29)21-26-5-18(23)6-27-21/h2-6,13-14,16-17,32H,7-12H2,1H3/t16-,17?,22?/m0/s1. The van der Waals surface area contributed by atoms with Crippen molar-refractivity contribution in [2.75, 3.05) is 37.6 Å². The molecule has 2 aliphatic rings. The lowest BCUT2D eigenvalue weighted by atomic mass is 9.91. The molecular formula is C22H25F2N7O. The molecule has 4 heterocycles. The van der Waals surface area contributed by atoms with Crippen LogP contribution in [0.4, 0.5) is 14.7 Å². The number of benzene rings is 1. The minimum atomic E-state index is -1.45. The molecule has 5 rings (SSSR count). The van der Waals surface area contributed by atoms with Crippen molar-refractivity contribution < 1.29 is 13.9 Å². The number of fused-ring (bicyclic) bond motifs is 1. The van der Waals surface area contributed by atoms with Crippen molar-refractivity contribution >= 4 is 5.95 Å². The van der Waals surface area contributed by atoms with E-state index in [0.717, 1.165) is 31.7 Å². The number of rotatable bonds is 6. The molecule has 0 radical (unpaired) electrons. The number of aryl methyl sites for hydroxylation is 1. The van der Waals surface area contributed by atoms with Gasteiger partial charge in [0, 0.05) is 38.3 Å². The van der Waals surface area contributed by atoms with Crippen LogP contribution in [-0.4, -0.2) is 67.5 Å². The van der Waals surface area contributed by atoms with E-state index in [4.69, 9.17) is 0 Å². The summed E-state index contributed by atoms with van der Waals surface area (Å²) in [6, 6.07) is 4.91. The van der Waals surface area contributed by atoms with E-state index in [1.165, 1.54) is 35.8 Å². The van der Waals surface area contributed by atoms with E-state index in [0.29, 0.717) is 17.8 Å². The minimum Gasteiger partial charge on any atom is -0.382 e. The van der Waals surface area contributed by atoms with Gasteiger partial charge >= 0.3 is 0 Å². The Bertz CT molecular complexity index is 1060. The van der Waals surface area contributed by atoms with Crippen molar-refractivity contribution in [2.45, 2.75) is 19.1 Å². The summed E-state index contributed by atoms with van der Waals surface area (Å²) in [6.07, 6.45) is 5.29. The van der Waals surface area contributed by atoms with Crippen molar-refractivity contribution in [1.82, 2.24) is 29.6 Å². The van der Waals surface area contributed by atoms with Gasteiger partial charge < -0.3 is 10.0 Å². The van der Waals surface area contributed by atoms with Crippen LogP contribution in [0.25, 0.3) is 0 Å². The molecule has 2 saturated heterocycles. The quantitative estimate of drug-likeness (QED) is 0.622. The zero-order valence-electron chi connectivity index (χ0n) is 17.8. The summed E-state index contributed by atoms with van der Waals surface area (Å²) in [5, 5.41) is 15.8. The summed E-state index contributed by atoms with van der Waals surface area (Å²) in [5.41, 5.74) is -0.394. The highest BCUT2D eigenvalue weighted by Crippen LogP contribution is 2.35. The lowest BCUT2D eigenvalue weighted by Gasteiger charge is -2.34. The Kier molecular flexibility index (Phi) is 5.34. The molecule has 3 aromatic rings. The van der Waals surface area contributed by atoms with Crippen LogP contribution in [0.5, 0.6) is 0 Å². The van der Waals surface area contributed by atoms with Crippen molar-refractivity contribution in [3.05, 3.63) is 66.0 Å². The zero-order valence-corrected chi connectivity index (χ0v) is 17.8. The van der Waals surface area contributed by atoms with Gasteiger partial charge in [0.15, 0.2) is 5.82 Å². The average Bonchev–Trinajstić information content (AvgIpc) is 3.45. The zero-order chi connectivity index (χ0) is 22.3. The molecule has 0 aliphatic carbocycles. The number of aliphatic hydroxyl groups is 1. The van der Waals surface area contributed by atoms with Crippen LogP contribution in [0.1, 0.15) is 11.1 Å². The number of β-amino-alcohol motifs (C(OH)–C–C–N with tert-alkyl or cyclic N) is 1. The summed E-state index contributed by atoms with van der Waals surface area (Å²) in [6.45, 7) is 5.30. The van der Waals surface area contributed by atoms with Gasteiger partial charge in [-0.2, -0.15) is 5.10 Å². The third-order valence-electron chi connectivity index (χ3n) is 6.45. The largest absolute Gasteiger partial charge is 0.382 e. The summed E-state index contributed by atoms with van der Waals surface area (Å²) >= 11 is 0. The van der Waals surface area contributed by atoms with Crippen LogP contribution < -0.4 is 4.90 Å². The summed E-state index contributed by atoms with van der Waals surface area (Å²) < 4.78 is 29.5. The van der Waals surface area contributed by atoms with Crippen LogP contribution in [0, 0.1) is 30.4 Å². The first-order chi connectivity index (χ1) is 15.4. The smallest absolute Gasteiger partial charge is 0.225 e. The van der Waals surface area contributed by atoms with E-state index >= 15 is 0 Å². The van der Waals surface area contributed by atoms with Gasteiger partial charge in [-0.15, -0.1) is 0 Å². The predicted octanol–water partition coefficient (Wildman–Crippen LogP) is 1.61. The molecule has 2 fully saturated rings. The molecule has 10 heteroatoms. The maximum absolute atomic E-state index is 14.9. The van der Waals surface area contributed by atoms with Crippen molar-refractivity contribution in [3.63, 3.8) is 0 Å². The van der Waals surface area contributed by atoms with E-state index in [9.17, 15) is 13.9 Å². The highest BCUT2D eigenvalue weighted by molar-refractivity contribution is 5.32. The topological polar surface area (TPSA) is 83.2 Å². The van der Waals surface area contributed by atoms with E-state index in [-0.39, 0.29) is 18.7 Å². The van der Waals surface area contributed by atoms with Crippen LogP contribution in [-0.2, 0) is 12.1 Å². The van der Waals surface area contributed by atoms with E-state index < -0.39 is 17.2 Å². The highest BCUT2D eigenvalue weighted by Gasteiger charge is 2.44. The molecule has 0 bridgehead atoms. The predicted molar refractivity (Wildman–Crippen MR) is 113 cm³/mol. The Labute approximate surface area is 184 Å². The number of likely N-dealkylation sites (tertiary alicyclic amines) is 1. The van der Waals surface area contributed by atoms with Crippen molar-refractivity contribution in [2.24, 2.45) is 11.8 Å². The van der Waals surface area contributed by atoms with Crippen LogP contribution in [0.2, 0.25) is 0 Å². The molecule has 2 aliphatic heterocycles. The van der Waals surface area contributed by atoms with Crippen molar-refractivity contribution in [3.8, 4) is 0 Å². The first-order valence-corrected chi connectivity index (χ1v) is 10.7. The van der Waals surface area contributed by atoms with Gasteiger partial charge in [0.2, 0.25) is 5.95 Å². The Balaban J connectivity index is 1.31. The van der Waals surface area contributed by atoms with Gasteiger partial charge in [0.25, 0.3) is 0 Å². The normalized spacial score (nSPS) is 22.8. The second-order valence-electron chi connectivity index (χ2n) is 8.93. The summed E-state index contributed by atoms with van der Waals surface area (Å²) in [7, 11) is 0. The number of nitrogens with zero attached hydrogens (tertiary/aromatic N) is 7. The number of halogens is 2. The fourth-order valence-electron chi connectivity index (χ4n) is 5.02. The van der Waals surface area contributed by atoms with Gasteiger partial charge in [0.1, 0.15) is 24.1 Å². The molecule has 0 saturated carbocycles. The Morgan fingerprint density at radius 1 is 1.06 bits per heavy atom. The molecule has 32 heavy (non-hydrogen) atoms. The molecule has 1 aromatic carbocycles. The third kappa shape index (κ3) is 4.07. The molecule has 3 atom stereocenters. The molecule has 8 nitrogen and oxygen atoms in total. The number of aromatic nitrogens is 5. The molecule has 2 aromatic heterocycles. The summed E-state index contributed by atoms with van der Waals surface area (Å²) in [5.74, 6) is 0.419. The fraction of sp³-hybridized carbons (Fsp3) is 0.455. The van der Waals surface area contributed by atoms with Crippen molar-refractivity contribution in [1.29, 1.82) is 0 Å².